The molecule has 2 aromatic carbocycles. The smallest absolute Gasteiger partial charge is 0.338 e. The summed E-state index contributed by atoms with van der Waals surface area (Å²) in [6.45, 7) is 0.453. The lowest BCUT2D eigenvalue weighted by Crippen LogP contribution is -2.12. The van der Waals surface area contributed by atoms with Crippen LogP contribution in [0.15, 0.2) is 54.6 Å². The third-order valence-corrected chi connectivity index (χ3v) is 2.50. The predicted octanol–water partition coefficient (Wildman–Crippen LogP) is 2.50. The molecule has 0 aromatic heterocycles. The Morgan fingerprint density at radius 3 is 2.37 bits per heavy atom. The number of anilines is 1. The number of benzene rings is 2. The average Bonchev–Trinajstić information content (AvgIpc) is 2.46. The number of hydrogen-bond acceptors (Lipinski definition) is 4. The summed E-state index contributed by atoms with van der Waals surface area (Å²) < 4.78 is 10.5. The molecule has 4 heteroatoms. The van der Waals surface area contributed by atoms with Crippen LogP contribution in [-0.2, 0) is 4.74 Å². The third-order valence-electron chi connectivity index (χ3n) is 2.50. The van der Waals surface area contributed by atoms with Crippen molar-refractivity contribution in [2.24, 2.45) is 0 Å². The largest absolute Gasteiger partial charge is 0.488 e. The van der Waals surface area contributed by atoms with E-state index in [1.165, 1.54) is 0 Å². The Balaban J connectivity index is 1.76. The highest BCUT2D eigenvalue weighted by atomic mass is 16.6. The molecule has 98 valence electrons. The molecule has 0 aliphatic heterocycles. The van der Waals surface area contributed by atoms with Gasteiger partial charge in [0.15, 0.2) is 0 Å². The van der Waals surface area contributed by atoms with Gasteiger partial charge in [-0.05, 0) is 24.3 Å². The van der Waals surface area contributed by atoms with E-state index < -0.39 is 0 Å². The van der Waals surface area contributed by atoms with Crippen molar-refractivity contribution in [2.75, 3.05) is 18.9 Å². The first-order chi connectivity index (χ1) is 9.27. The summed E-state index contributed by atoms with van der Waals surface area (Å²) in [6, 6.07) is 16.0. The van der Waals surface area contributed by atoms with E-state index in [-0.39, 0.29) is 19.2 Å². The van der Waals surface area contributed by atoms with Crippen LogP contribution in [0.2, 0.25) is 0 Å². The fourth-order valence-electron chi connectivity index (χ4n) is 1.56. The fourth-order valence-corrected chi connectivity index (χ4v) is 1.56. The van der Waals surface area contributed by atoms with Crippen LogP contribution in [0, 0.1) is 0 Å². The van der Waals surface area contributed by atoms with E-state index in [2.05, 4.69) is 0 Å². The molecule has 2 N–H and O–H groups in total. The molecule has 0 fully saturated rings. The minimum atomic E-state index is -0.356. The Hall–Kier alpha value is -2.49. The molecule has 0 amide bonds. The summed E-state index contributed by atoms with van der Waals surface area (Å²) in [5.74, 6) is 0.239. The highest BCUT2D eigenvalue weighted by molar-refractivity contribution is 5.89. The van der Waals surface area contributed by atoms with Crippen molar-refractivity contribution in [3.05, 3.63) is 60.2 Å². The van der Waals surface area contributed by atoms with Crippen LogP contribution in [0.25, 0.3) is 0 Å². The van der Waals surface area contributed by atoms with Gasteiger partial charge in [-0.25, -0.2) is 4.79 Å². The first kappa shape index (κ1) is 13.0. The summed E-state index contributed by atoms with van der Waals surface area (Å²) in [7, 11) is 0. The Morgan fingerprint density at radius 1 is 0.947 bits per heavy atom. The van der Waals surface area contributed by atoms with Gasteiger partial charge >= 0.3 is 5.97 Å². The van der Waals surface area contributed by atoms with Crippen LogP contribution < -0.4 is 10.5 Å². The topological polar surface area (TPSA) is 61.6 Å². The number of nitrogens with two attached hydrogens (primary N) is 1. The molecule has 2 rings (SSSR count). The van der Waals surface area contributed by atoms with E-state index >= 15 is 0 Å². The van der Waals surface area contributed by atoms with E-state index in [1.54, 1.807) is 36.4 Å². The number of hydrogen-bond donors (Lipinski definition) is 1. The number of carbonyl (C=O) groups is 1. The lowest BCUT2D eigenvalue weighted by molar-refractivity contribution is 0.0451. The molecule has 0 saturated carbocycles. The van der Waals surface area contributed by atoms with Gasteiger partial charge in [0, 0.05) is 0 Å². The highest BCUT2D eigenvalue weighted by Crippen LogP contribution is 2.19. The van der Waals surface area contributed by atoms with E-state index in [0.29, 0.717) is 17.0 Å². The van der Waals surface area contributed by atoms with E-state index in [1.807, 2.05) is 18.2 Å². The first-order valence-electron chi connectivity index (χ1n) is 5.97. The van der Waals surface area contributed by atoms with Crippen LogP contribution >= 0.6 is 0 Å². The molecule has 19 heavy (non-hydrogen) atoms. The maximum absolute atomic E-state index is 11.6. The van der Waals surface area contributed by atoms with Gasteiger partial charge in [0.1, 0.15) is 19.0 Å². The number of carbonyl (C=O) groups excluding carboxylic acids is 1. The van der Waals surface area contributed by atoms with Crippen molar-refractivity contribution >= 4 is 11.7 Å². The third kappa shape index (κ3) is 3.74. The lowest BCUT2D eigenvalue weighted by atomic mass is 10.2. The molecule has 4 nitrogen and oxygen atoms in total. The molecular formula is C15H15NO3. The standard InChI is InChI=1S/C15H15NO3/c16-13-8-4-5-9-14(13)18-10-11-19-15(17)12-6-2-1-3-7-12/h1-9H,10-11,16H2. The second-order valence-corrected chi connectivity index (χ2v) is 3.89. The van der Waals surface area contributed by atoms with Gasteiger partial charge in [0.2, 0.25) is 0 Å². The monoisotopic (exact) mass is 257 g/mol. The molecular weight excluding hydrogens is 242 g/mol. The molecule has 0 spiro atoms. The zero-order chi connectivity index (χ0) is 13.5. The van der Waals surface area contributed by atoms with Crippen LogP contribution in [0.5, 0.6) is 5.75 Å². The van der Waals surface area contributed by atoms with Gasteiger partial charge in [0.05, 0.1) is 11.3 Å². The molecule has 0 radical (unpaired) electrons. The summed E-state index contributed by atoms with van der Waals surface area (Å²) in [6.07, 6.45) is 0. The van der Waals surface area contributed by atoms with Gasteiger partial charge in [-0.3, -0.25) is 0 Å². The van der Waals surface area contributed by atoms with Crippen LogP contribution in [0.1, 0.15) is 10.4 Å². The highest BCUT2D eigenvalue weighted by Gasteiger charge is 2.05. The molecule has 0 aliphatic rings. The Bertz CT molecular complexity index is 540. The van der Waals surface area contributed by atoms with E-state index in [0.717, 1.165) is 0 Å². The molecule has 0 atom stereocenters. The van der Waals surface area contributed by atoms with Gasteiger partial charge in [-0.2, -0.15) is 0 Å². The van der Waals surface area contributed by atoms with Crippen molar-refractivity contribution in [1.82, 2.24) is 0 Å². The van der Waals surface area contributed by atoms with Crippen LogP contribution in [0.3, 0.4) is 0 Å². The maximum Gasteiger partial charge on any atom is 0.338 e. The molecule has 0 bridgehead atoms. The number of rotatable bonds is 5. The van der Waals surface area contributed by atoms with E-state index in [9.17, 15) is 4.79 Å². The number of ether oxygens (including phenoxy) is 2. The summed E-state index contributed by atoms with van der Waals surface area (Å²) >= 11 is 0. The first-order valence-corrected chi connectivity index (χ1v) is 5.97. The van der Waals surface area contributed by atoms with Crippen LogP contribution in [-0.4, -0.2) is 19.2 Å². The Kier molecular flexibility index (Phi) is 4.39. The SMILES string of the molecule is Nc1ccccc1OCCOC(=O)c1ccccc1. The predicted molar refractivity (Wildman–Crippen MR) is 73.1 cm³/mol. The summed E-state index contributed by atoms with van der Waals surface area (Å²) in [5, 5.41) is 0. The number of nitrogen functional groups attached to an aromatic ring is 1. The normalized spacial score (nSPS) is 9.89. The van der Waals surface area contributed by atoms with Gasteiger partial charge < -0.3 is 15.2 Å². The minimum Gasteiger partial charge on any atom is -0.488 e. The van der Waals surface area contributed by atoms with Crippen LogP contribution in [0.4, 0.5) is 5.69 Å². The van der Waals surface area contributed by atoms with Crippen molar-refractivity contribution in [2.45, 2.75) is 0 Å². The maximum atomic E-state index is 11.6. The van der Waals surface area contributed by atoms with Gasteiger partial charge in [-0.1, -0.05) is 30.3 Å². The fraction of sp³-hybridized carbons (Fsp3) is 0.133. The molecule has 2 aromatic rings. The van der Waals surface area contributed by atoms with Crippen molar-refractivity contribution in [3.63, 3.8) is 0 Å². The van der Waals surface area contributed by atoms with Crippen molar-refractivity contribution in [1.29, 1.82) is 0 Å². The zero-order valence-electron chi connectivity index (χ0n) is 10.4. The molecule has 0 heterocycles. The molecule has 0 saturated heterocycles. The number of para-hydroxylation sites is 2. The Morgan fingerprint density at radius 2 is 1.63 bits per heavy atom. The number of esters is 1. The molecule has 0 unspecified atom stereocenters. The minimum absolute atomic E-state index is 0.183. The Labute approximate surface area is 111 Å². The summed E-state index contributed by atoms with van der Waals surface area (Å²) in [5.41, 5.74) is 6.82. The van der Waals surface area contributed by atoms with Crippen molar-refractivity contribution in [3.8, 4) is 5.75 Å². The quantitative estimate of drug-likeness (QED) is 0.508. The summed E-state index contributed by atoms with van der Waals surface area (Å²) in [4.78, 5) is 11.6. The second-order valence-electron chi connectivity index (χ2n) is 3.89. The van der Waals surface area contributed by atoms with E-state index in [4.69, 9.17) is 15.2 Å². The zero-order valence-corrected chi connectivity index (χ0v) is 10.4. The molecule has 0 aliphatic carbocycles. The van der Waals surface area contributed by atoms with Gasteiger partial charge in [-0.15, -0.1) is 0 Å². The van der Waals surface area contributed by atoms with Gasteiger partial charge in [0.25, 0.3) is 0 Å². The average molecular weight is 257 g/mol. The second kappa shape index (κ2) is 6.44. The lowest BCUT2D eigenvalue weighted by Gasteiger charge is -2.09. The van der Waals surface area contributed by atoms with Crippen molar-refractivity contribution < 1.29 is 14.3 Å².